The van der Waals surface area contributed by atoms with Crippen molar-refractivity contribution in [3.05, 3.63) is 60.8 Å². The van der Waals surface area contributed by atoms with Gasteiger partial charge in [0.15, 0.2) is 0 Å². The third-order valence-electron chi connectivity index (χ3n) is 3.06. The summed E-state index contributed by atoms with van der Waals surface area (Å²) < 4.78 is 0. The number of rotatable bonds is 8. The van der Waals surface area contributed by atoms with Crippen LogP contribution in [0.5, 0.6) is 0 Å². The number of hydrogen-bond donors (Lipinski definition) is 4. The summed E-state index contributed by atoms with van der Waals surface area (Å²) in [6.45, 7) is 12.6. The van der Waals surface area contributed by atoms with Crippen LogP contribution in [0.15, 0.2) is 60.8 Å². The molecule has 0 aromatic carbocycles. The smallest absolute Gasteiger partial charge is 0.314 e. The van der Waals surface area contributed by atoms with E-state index in [0.29, 0.717) is 13.1 Å². The molecular formula is C21H40N4O. The van der Waals surface area contributed by atoms with Crippen LogP contribution in [0, 0.1) is 0 Å². The lowest BCUT2D eigenvalue weighted by Gasteiger charge is -2.09. The zero-order valence-corrected chi connectivity index (χ0v) is 17.2. The zero-order valence-electron chi connectivity index (χ0n) is 17.2. The summed E-state index contributed by atoms with van der Waals surface area (Å²) in [7, 11) is 3.00. The van der Waals surface area contributed by atoms with Gasteiger partial charge in [-0.1, -0.05) is 69.0 Å². The van der Waals surface area contributed by atoms with Crippen molar-refractivity contribution in [2.75, 3.05) is 27.2 Å². The molecule has 2 amide bonds. The fourth-order valence-corrected chi connectivity index (χ4v) is 1.96. The molecule has 0 atom stereocenters. The lowest BCUT2D eigenvalue weighted by atomic mass is 10.0. The van der Waals surface area contributed by atoms with E-state index in [4.69, 9.17) is 0 Å². The molecule has 0 saturated carbocycles. The third-order valence-corrected chi connectivity index (χ3v) is 3.06. The van der Waals surface area contributed by atoms with Crippen molar-refractivity contribution in [2.24, 2.45) is 11.5 Å². The highest BCUT2D eigenvalue weighted by Gasteiger charge is 2.01. The second kappa shape index (κ2) is 25.1. The van der Waals surface area contributed by atoms with E-state index in [2.05, 4.69) is 53.5 Å². The molecule has 1 aliphatic carbocycles. The van der Waals surface area contributed by atoms with Crippen LogP contribution in [0.1, 0.15) is 39.5 Å². The second-order valence-corrected chi connectivity index (χ2v) is 4.62. The van der Waals surface area contributed by atoms with Gasteiger partial charge in [-0.3, -0.25) is 0 Å². The average molecular weight is 365 g/mol. The molecular weight excluding hydrogens is 324 g/mol. The van der Waals surface area contributed by atoms with Gasteiger partial charge in [-0.2, -0.15) is 0 Å². The maximum atomic E-state index is 11.6. The minimum absolute atomic E-state index is 0.118. The van der Waals surface area contributed by atoms with Gasteiger partial charge in [0.2, 0.25) is 0 Å². The first-order valence-corrected chi connectivity index (χ1v) is 9.23. The fourth-order valence-electron chi connectivity index (χ4n) is 1.96. The maximum Gasteiger partial charge on any atom is 0.314 e. The van der Waals surface area contributed by atoms with Gasteiger partial charge in [0, 0.05) is 13.1 Å². The van der Waals surface area contributed by atoms with Crippen molar-refractivity contribution < 1.29 is 4.79 Å². The van der Waals surface area contributed by atoms with Crippen LogP contribution in [-0.2, 0) is 0 Å². The van der Waals surface area contributed by atoms with Gasteiger partial charge in [0.25, 0.3) is 0 Å². The Hall–Kier alpha value is -2.11. The van der Waals surface area contributed by atoms with E-state index in [9.17, 15) is 4.79 Å². The molecule has 1 aliphatic rings. The lowest BCUT2D eigenvalue weighted by Crippen LogP contribution is -2.36. The summed E-state index contributed by atoms with van der Waals surface area (Å²) in [6.07, 6.45) is 15.8. The fraction of sp³-hybridized carbons (Fsp3) is 0.476. The van der Waals surface area contributed by atoms with E-state index in [0.717, 1.165) is 31.3 Å². The summed E-state index contributed by atoms with van der Waals surface area (Å²) >= 11 is 0. The molecule has 26 heavy (non-hydrogen) atoms. The highest BCUT2D eigenvalue weighted by Crippen LogP contribution is 2.11. The number of urea groups is 1. The monoisotopic (exact) mass is 364 g/mol. The normalized spacial score (nSPS) is 11.8. The quantitative estimate of drug-likeness (QED) is 0.493. The van der Waals surface area contributed by atoms with Gasteiger partial charge in [0.05, 0.1) is 0 Å². The Kier molecular flexibility index (Phi) is 27.7. The van der Waals surface area contributed by atoms with E-state index in [-0.39, 0.29) is 6.03 Å². The van der Waals surface area contributed by atoms with Crippen molar-refractivity contribution in [1.82, 2.24) is 10.6 Å². The highest BCUT2D eigenvalue weighted by molar-refractivity contribution is 5.73. The van der Waals surface area contributed by atoms with Gasteiger partial charge in [0.1, 0.15) is 0 Å². The second-order valence-electron chi connectivity index (χ2n) is 4.62. The van der Waals surface area contributed by atoms with E-state index >= 15 is 0 Å². The Balaban J connectivity index is -0.000000795. The van der Waals surface area contributed by atoms with Crippen LogP contribution < -0.4 is 22.1 Å². The molecule has 5 heteroatoms. The molecule has 0 aliphatic heterocycles. The van der Waals surface area contributed by atoms with Crippen molar-refractivity contribution in [3.8, 4) is 0 Å². The maximum absolute atomic E-state index is 11.6. The van der Waals surface area contributed by atoms with Gasteiger partial charge < -0.3 is 22.1 Å². The SMILES string of the molecule is C=C/C=C(\C=C)CCNC(=O)NCCC1=CCCC=C1.CC.CN.CN. The Labute approximate surface area is 161 Å². The Bertz CT molecular complexity index is 437. The third kappa shape index (κ3) is 18.2. The number of amides is 2. The van der Waals surface area contributed by atoms with Crippen molar-refractivity contribution >= 4 is 6.03 Å². The van der Waals surface area contributed by atoms with Crippen LogP contribution in [0.4, 0.5) is 4.79 Å². The first-order valence-electron chi connectivity index (χ1n) is 9.23. The number of carbonyl (C=O) groups is 1. The first kappa shape index (κ1) is 28.7. The number of hydrogen-bond acceptors (Lipinski definition) is 3. The largest absolute Gasteiger partial charge is 0.338 e. The van der Waals surface area contributed by atoms with Crippen LogP contribution in [0.2, 0.25) is 0 Å². The molecule has 150 valence electrons. The molecule has 0 aromatic rings. The van der Waals surface area contributed by atoms with Gasteiger partial charge in [-0.15, -0.1) is 0 Å². The van der Waals surface area contributed by atoms with Crippen molar-refractivity contribution in [1.29, 1.82) is 0 Å². The standard InChI is InChI=1S/C17H24N2O.C2H6.2CH5N/c1-3-8-15(4-2)11-13-18-17(20)19-14-12-16-9-6-5-7-10-16;3*1-2/h3-4,6,8-10H,1-2,5,7,11-14H2,(H2,18,19,20);1-2H3;2*2H2,1H3/b15-8+;;;. The molecule has 6 N–H and O–H groups in total. The molecule has 0 aromatic heterocycles. The lowest BCUT2D eigenvalue weighted by molar-refractivity contribution is 0.241. The summed E-state index contributed by atoms with van der Waals surface area (Å²) in [5.41, 5.74) is 11.4. The minimum Gasteiger partial charge on any atom is -0.338 e. The molecule has 1 rings (SSSR count). The predicted molar refractivity (Wildman–Crippen MR) is 117 cm³/mol. The molecule has 0 bridgehead atoms. The Morgan fingerprint density at radius 1 is 1.12 bits per heavy atom. The van der Waals surface area contributed by atoms with Crippen LogP contribution in [-0.4, -0.2) is 33.2 Å². The number of allylic oxidation sites excluding steroid dienone is 6. The molecule has 0 unspecified atom stereocenters. The average Bonchev–Trinajstić information content (AvgIpc) is 2.72. The molecule has 0 saturated heterocycles. The number of nitrogens with two attached hydrogens (primary N) is 2. The van der Waals surface area contributed by atoms with E-state index in [1.54, 1.807) is 12.2 Å². The summed E-state index contributed by atoms with van der Waals surface area (Å²) in [6, 6.07) is -0.118. The first-order chi connectivity index (χ1) is 12.8. The summed E-state index contributed by atoms with van der Waals surface area (Å²) in [5, 5.41) is 5.70. The topological polar surface area (TPSA) is 93.2 Å². The summed E-state index contributed by atoms with van der Waals surface area (Å²) in [5.74, 6) is 0. The molecule has 0 radical (unpaired) electrons. The molecule has 0 fully saturated rings. The van der Waals surface area contributed by atoms with Crippen molar-refractivity contribution in [3.63, 3.8) is 0 Å². The predicted octanol–water partition coefficient (Wildman–Crippen LogP) is 3.82. The molecule has 5 nitrogen and oxygen atoms in total. The minimum atomic E-state index is -0.118. The van der Waals surface area contributed by atoms with Crippen molar-refractivity contribution in [2.45, 2.75) is 39.5 Å². The Morgan fingerprint density at radius 3 is 2.23 bits per heavy atom. The zero-order chi connectivity index (χ0) is 20.6. The van der Waals surface area contributed by atoms with Gasteiger partial charge >= 0.3 is 6.03 Å². The van der Waals surface area contributed by atoms with Gasteiger partial charge in [-0.25, -0.2) is 4.79 Å². The molecule has 0 heterocycles. The van der Waals surface area contributed by atoms with Crippen LogP contribution in [0.25, 0.3) is 0 Å². The van der Waals surface area contributed by atoms with E-state index < -0.39 is 0 Å². The number of carbonyl (C=O) groups excluding carboxylic acids is 1. The molecule has 0 spiro atoms. The van der Waals surface area contributed by atoms with E-state index in [1.807, 2.05) is 19.9 Å². The summed E-state index contributed by atoms with van der Waals surface area (Å²) in [4.78, 5) is 11.6. The highest BCUT2D eigenvalue weighted by atomic mass is 16.2. The van der Waals surface area contributed by atoms with Gasteiger partial charge in [-0.05, 0) is 45.4 Å². The Morgan fingerprint density at radius 2 is 1.73 bits per heavy atom. The van der Waals surface area contributed by atoms with Crippen LogP contribution >= 0.6 is 0 Å². The number of nitrogens with one attached hydrogen (secondary N) is 2. The van der Waals surface area contributed by atoms with Crippen LogP contribution in [0.3, 0.4) is 0 Å². The van der Waals surface area contributed by atoms with E-state index in [1.165, 1.54) is 19.7 Å².